The molecule has 1 saturated heterocycles. The van der Waals surface area contributed by atoms with Crippen LogP contribution in [0.25, 0.3) is 33.4 Å². The molecule has 4 aromatic rings. The van der Waals surface area contributed by atoms with Gasteiger partial charge in [-0.15, -0.1) is 0 Å². The molecule has 8 heteroatoms. The largest absolute Gasteiger partial charge is 0.395 e. The molecule has 1 amide bonds. The number of benzene rings is 2. The van der Waals surface area contributed by atoms with Crippen molar-refractivity contribution >= 4 is 22.6 Å². The molecular formula is C26H28N6O2. The van der Waals surface area contributed by atoms with E-state index in [9.17, 15) is 9.90 Å². The zero-order chi connectivity index (χ0) is 23.7. The minimum absolute atomic E-state index is 0.0741. The van der Waals surface area contributed by atoms with Gasteiger partial charge < -0.3 is 21.5 Å². The van der Waals surface area contributed by atoms with Crippen molar-refractivity contribution in [1.82, 2.24) is 19.7 Å². The lowest BCUT2D eigenvalue weighted by molar-refractivity contribution is 0.100. The minimum Gasteiger partial charge on any atom is -0.395 e. The molecule has 3 heterocycles. The Hall–Kier alpha value is -3.75. The molecule has 8 nitrogen and oxygen atoms in total. The van der Waals surface area contributed by atoms with E-state index in [1.165, 1.54) is 0 Å². The number of carbonyl (C=O) groups is 1. The van der Waals surface area contributed by atoms with Gasteiger partial charge in [0.05, 0.1) is 23.9 Å². The van der Waals surface area contributed by atoms with Crippen molar-refractivity contribution in [3.63, 3.8) is 0 Å². The number of hydrogen-bond donors (Lipinski definition) is 3. The van der Waals surface area contributed by atoms with Gasteiger partial charge >= 0.3 is 0 Å². The van der Waals surface area contributed by atoms with Crippen LogP contribution in [0, 0.1) is 0 Å². The molecule has 174 valence electrons. The third kappa shape index (κ3) is 4.13. The summed E-state index contributed by atoms with van der Waals surface area (Å²) < 4.78 is 1.75. The maximum atomic E-state index is 12.4. The molecule has 5 rings (SSSR count). The van der Waals surface area contributed by atoms with Crippen molar-refractivity contribution in [3.05, 3.63) is 66.2 Å². The van der Waals surface area contributed by atoms with Crippen LogP contribution in [0.3, 0.4) is 0 Å². The summed E-state index contributed by atoms with van der Waals surface area (Å²) in [5.41, 5.74) is 16.4. The number of carbonyl (C=O) groups excluding carboxylic acids is 1. The third-order valence-electron chi connectivity index (χ3n) is 6.55. The Labute approximate surface area is 197 Å². The number of β-amino-alcohol motifs (C(OH)–C–C–N with tert-alkyl or cyclic N) is 1. The average Bonchev–Trinajstić information content (AvgIpc) is 3.22. The number of primary amides is 1. The van der Waals surface area contributed by atoms with E-state index in [2.05, 4.69) is 4.90 Å². The number of nitrogens with two attached hydrogens (primary N) is 2. The van der Waals surface area contributed by atoms with Crippen molar-refractivity contribution in [2.45, 2.75) is 18.9 Å². The van der Waals surface area contributed by atoms with Gasteiger partial charge in [-0.1, -0.05) is 48.5 Å². The fourth-order valence-corrected chi connectivity index (χ4v) is 4.73. The number of aliphatic hydroxyl groups is 1. The van der Waals surface area contributed by atoms with Gasteiger partial charge in [-0.3, -0.25) is 4.79 Å². The highest BCUT2D eigenvalue weighted by Crippen LogP contribution is 2.34. The summed E-state index contributed by atoms with van der Waals surface area (Å²) in [5, 5.41) is 15.0. The number of rotatable bonds is 6. The second-order valence-corrected chi connectivity index (χ2v) is 8.68. The van der Waals surface area contributed by atoms with E-state index in [1.807, 2.05) is 60.7 Å². The molecule has 0 spiro atoms. The second-order valence-electron chi connectivity index (χ2n) is 8.68. The Kier molecular flexibility index (Phi) is 6.00. The monoisotopic (exact) mass is 456 g/mol. The van der Waals surface area contributed by atoms with Gasteiger partial charge in [-0.25, -0.2) is 9.67 Å². The van der Waals surface area contributed by atoms with Crippen LogP contribution in [0.4, 0.5) is 5.82 Å². The molecule has 2 aromatic heterocycles. The zero-order valence-corrected chi connectivity index (χ0v) is 18.9. The van der Waals surface area contributed by atoms with Gasteiger partial charge in [0.1, 0.15) is 17.1 Å². The highest BCUT2D eigenvalue weighted by Gasteiger charge is 2.28. The van der Waals surface area contributed by atoms with Crippen LogP contribution in [0.1, 0.15) is 29.2 Å². The summed E-state index contributed by atoms with van der Waals surface area (Å²) in [6.45, 7) is 2.49. The first-order valence-electron chi connectivity index (χ1n) is 11.5. The first-order chi connectivity index (χ1) is 16.5. The van der Waals surface area contributed by atoms with Crippen LogP contribution >= 0.6 is 0 Å². The maximum Gasteiger partial charge on any atom is 0.254 e. The highest BCUT2D eigenvalue weighted by molar-refractivity contribution is 6.04. The predicted molar refractivity (Wildman–Crippen MR) is 133 cm³/mol. The van der Waals surface area contributed by atoms with E-state index in [0.717, 1.165) is 53.7 Å². The molecule has 5 N–H and O–H groups in total. The first-order valence-corrected chi connectivity index (χ1v) is 11.5. The van der Waals surface area contributed by atoms with Gasteiger partial charge in [0.15, 0.2) is 0 Å². The molecule has 2 aromatic carbocycles. The van der Waals surface area contributed by atoms with Crippen LogP contribution in [-0.4, -0.2) is 56.9 Å². The smallest absolute Gasteiger partial charge is 0.254 e. The summed E-state index contributed by atoms with van der Waals surface area (Å²) in [5.74, 6) is -0.295. The Morgan fingerprint density at radius 1 is 1.03 bits per heavy atom. The van der Waals surface area contributed by atoms with Gasteiger partial charge in [0.25, 0.3) is 5.91 Å². The predicted octanol–water partition coefficient (Wildman–Crippen LogP) is 3.08. The van der Waals surface area contributed by atoms with Crippen LogP contribution in [0.2, 0.25) is 0 Å². The summed E-state index contributed by atoms with van der Waals surface area (Å²) in [6, 6.07) is 19.9. The Morgan fingerprint density at radius 2 is 1.76 bits per heavy atom. The van der Waals surface area contributed by atoms with Crippen LogP contribution in [0.5, 0.6) is 0 Å². The number of piperidine rings is 1. The first kappa shape index (κ1) is 22.1. The molecule has 0 radical (unpaired) electrons. The highest BCUT2D eigenvalue weighted by atomic mass is 16.3. The minimum atomic E-state index is -0.595. The molecule has 0 aliphatic carbocycles. The molecule has 0 unspecified atom stereocenters. The number of amides is 1. The molecule has 0 atom stereocenters. The van der Waals surface area contributed by atoms with E-state index in [4.69, 9.17) is 21.5 Å². The SMILES string of the molecule is NC(=O)c1c(-c2ccc3ccc(-c4ccccc4)nc3c2)nn(C2CCN(CCO)CC2)c1N. The molecular weight excluding hydrogens is 428 g/mol. The standard InChI is InChI=1S/C26H28N6O2/c27-25-23(26(28)34)24(30-32(25)20-10-12-31(13-11-20)14-15-33)19-7-6-18-8-9-21(29-22(18)16-19)17-4-2-1-3-5-17/h1-9,16,20,33H,10-15,27H2,(H2,28,34). The summed E-state index contributed by atoms with van der Waals surface area (Å²) >= 11 is 0. The quantitative estimate of drug-likeness (QED) is 0.410. The number of nitrogen functional groups attached to an aromatic ring is 1. The number of aliphatic hydroxyl groups excluding tert-OH is 1. The lowest BCUT2D eigenvalue weighted by atomic mass is 10.0. The van der Waals surface area contributed by atoms with E-state index >= 15 is 0 Å². The van der Waals surface area contributed by atoms with E-state index in [-0.39, 0.29) is 18.2 Å². The number of fused-ring (bicyclic) bond motifs is 1. The second kappa shape index (κ2) is 9.24. The van der Waals surface area contributed by atoms with E-state index < -0.39 is 5.91 Å². The lowest BCUT2D eigenvalue weighted by Gasteiger charge is -2.31. The van der Waals surface area contributed by atoms with E-state index in [1.54, 1.807) is 4.68 Å². The van der Waals surface area contributed by atoms with Gasteiger partial charge in [-0.05, 0) is 25.0 Å². The lowest BCUT2D eigenvalue weighted by Crippen LogP contribution is -2.36. The van der Waals surface area contributed by atoms with Crippen molar-refractivity contribution < 1.29 is 9.90 Å². The number of pyridine rings is 1. The number of aromatic nitrogens is 3. The van der Waals surface area contributed by atoms with Gasteiger partial charge in [-0.2, -0.15) is 5.10 Å². The van der Waals surface area contributed by atoms with E-state index in [0.29, 0.717) is 18.1 Å². The number of likely N-dealkylation sites (tertiary alicyclic amines) is 1. The molecule has 0 bridgehead atoms. The number of anilines is 1. The number of nitrogens with zero attached hydrogens (tertiary/aromatic N) is 4. The summed E-state index contributed by atoms with van der Waals surface area (Å²) in [7, 11) is 0. The molecule has 1 fully saturated rings. The van der Waals surface area contributed by atoms with Gasteiger partial charge in [0.2, 0.25) is 0 Å². The summed E-state index contributed by atoms with van der Waals surface area (Å²) in [6.07, 6.45) is 1.67. The van der Waals surface area contributed by atoms with Gasteiger partial charge in [0, 0.05) is 36.1 Å². The Morgan fingerprint density at radius 3 is 2.47 bits per heavy atom. The zero-order valence-electron chi connectivity index (χ0n) is 18.9. The maximum absolute atomic E-state index is 12.4. The third-order valence-corrected chi connectivity index (χ3v) is 6.55. The van der Waals surface area contributed by atoms with Crippen molar-refractivity contribution in [1.29, 1.82) is 0 Å². The van der Waals surface area contributed by atoms with Crippen LogP contribution in [0.15, 0.2) is 60.7 Å². The van der Waals surface area contributed by atoms with Crippen molar-refractivity contribution in [3.8, 4) is 22.5 Å². The normalized spacial score (nSPS) is 15.1. The Bertz CT molecular complexity index is 1330. The molecule has 1 aliphatic rings. The Balaban J connectivity index is 1.53. The molecule has 0 saturated carbocycles. The van der Waals surface area contributed by atoms with Crippen molar-refractivity contribution in [2.75, 3.05) is 32.0 Å². The summed E-state index contributed by atoms with van der Waals surface area (Å²) in [4.78, 5) is 19.4. The molecule has 34 heavy (non-hydrogen) atoms. The fraction of sp³-hybridized carbons (Fsp3) is 0.269. The fourth-order valence-electron chi connectivity index (χ4n) is 4.73. The topological polar surface area (TPSA) is 123 Å². The molecule has 1 aliphatic heterocycles. The number of hydrogen-bond acceptors (Lipinski definition) is 6. The van der Waals surface area contributed by atoms with Crippen molar-refractivity contribution in [2.24, 2.45) is 5.73 Å². The average molecular weight is 457 g/mol. The van der Waals surface area contributed by atoms with Crippen LogP contribution in [-0.2, 0) is 0 Å². The van der Waals surface area contributed by atoms with Crippen LogP contribution < -0.4 is 11.5 Å².